The summed E-state index contributed by atoms with van der Waals surface area (Å²) in [5.74, 6) is -0.0398. The standard InChI is InChI=1S/C22H28N4O/c1-18-8-9-19(2)20(16-18)17-23-24-22(27)10-11-25-12-14-26(15-13-25)21-6-4-3-5-7-21/h3-9,16-17H,10-15H2,1-2H3,(H,24,27). The minimum absolute atomic E-state index is 0.0398. The van der Waals surface area contributed by atoms with Crippen LogP contribution in [-0.4, -0.2) is 49.7 Å². The molecule has 2 aromatic carbocycles. The van der Waals surface area contributed by atoms with E-state index in [1.54, 1.807) is 6.21 Å². The maximum absolute atomic E-state index is 12.1. The molecule has 2 aromatic rings. The van der Waals surface area contributed by atoms with Crippen molar-refractivity contribution in [2.45, 2.75) is 20.3 Å². The van der Waals surface area contributed by atoms with Gasteiger partial charge in [0.05, 0.1) is 6.21 Å². The van der Waals surface area contributed by atoms with Crippen LogP contribution in [0.5, 0.6) is 0 Å². The van der Waals surface area contributed by atoms with Crippen molar-refractivity contribution in [2.75, 3.05) is 37.6 Å². The molecule has 5 nitrogen and oxygen atoms in total. The number of carbonyl (C=O) groups is 1. The largest absolute Gasteiger partial charge is 0.369 e. The monoisotopic (exact) mass is 364 g/mol. The summed E-state index contributed by atoms with van der Waals surface area (Å²) in [4.78, 5) is 16.8. The van der Waals surface area contributed by atoms with Gasteiger partial charge in [-0.2, -0.15) is 5.10 Å². The molecule has 1 N–H and O–H groups in total. The van der Waals surface area contributed by atoms with E-state index in [4.69, 9.17) is 0 Å². The summed E-state index contributed by atoms with van der Waals surface area (Å²) in [6, 6.07) is 16.7. The summed E-state index contributed by atoms with van der Waals surface area (Å²) >= 11 is 0. The average molecular weight is 364 g/mol. The first-order valence-electron chi connectivity index (χ1n) is 9.53. The minimum Gasteiger partial charge on any atom is -0.369 e. The van der Waals surface area contributed by atoms with E-state index in [0.29, 0.717) is 6.42 Å². The van der Waals surface area contributed by atoms with Crippen molar-refractivity contribution in [2.24, 2.45) is 5.10 Å². The number of hydrazone groups is 1. The molecule has 27 heavy (non-hydrogen) atoms. The highest BCUT2D eigenvalue weighted by Crippen LogP contribution is 2.15. The van der Waals surface area contributed by atoms with Gasteiger partial charge >= 0.3 is 0 Å². The molecule has 1 saturated heterocycles. The van der Waals surface area contributed by atoms with E-state index in [9.17, 15) is 4.79 Å². The Morgan fingerprint density at radius 2 is 1.81 bits per heavy atom. The highest BCUT2D eigenvalue weighted by molar-refractivity contribution is 5.84. The zero-order chi connectivity index (χ0) is 19.1. The predicted octanol–water partition coefficient (Wildman–Crippen LogP) is 2.97. The molecule has 0 unspecified atom stereocenters. The fraction of sp³-hybridized carbons (Fsp3) is 0.364. The Balaban J connectivity index is 1.38. The molecule has 0 aliphatic carbocycles. The Kier molecular flexibility index (Phi) is 6.60. The topological polar surface area (TPSA) is 47.9 Å². The first-order valence-corrected chi connectivity index (χ1v) is 9.53. The second-order valence-corrected chi connectivity index (χ2v) is 7.07. The Bertz CT molecular complexity index is 780. The molecule has 3 rings (SSSR count). The quantitative estimate of drug-likeness (QED) is 0.633. The highest BCUT2D eigenvalue weighted by Gasteiger charge is 2.17. The van der Waals surface area contributed by atoms with E-state index in [0.717, 1.165) is 43.9 Å². The van der Waals surface area contributed by atoms with Crippen molar-refractivity contribution in [1.29, 1.82) is 0 Å². The van der Waals surface area contributed by atoms with Gasteiger partial charge in [-0.3, -0.25) is 9.69 Å². The van der Waals surface area contributed by atoms with E-state index in [-0.39, 0.29) is 5.91 Å². The molecular weight excluding hydrogens is 336 g/mol. The van der Waals surface area contributed by atoms with E-state index >= 15 is 0 Å². The molecule has 1 aliphatic rings. The van der Waals surface area contributed by atoms with E-state index < -0.39 is 0 Å². The number of carbonyl (C=O) groups excluding carboxylic acids is 1. The molecule has 0 spiro atoms. The Hall–Kier alpha value is -2.66. The van der Waals surface area contributed by atoms with Gasteiger partial charge in [-0.1, -0.05) is 42.0 Å². The number of aryl methyl sites for hydroxylation is 2. The van der Waals surface area contributed by atoms with Crippen LogP contribution in [0, 0.1) is 13.8 Å². The van der Waals surface area contributed by atoms with Crippen LogP contribution in [0.15, 0.2) is 53.6 Å². The van der Waals surface area contributed by atoms with Crippen molar-refractivity contribution >= 4 is 17.8 Å². The van der Waals surface area contributed by atoms with Gasteiger partial charge in [-0.15, -0.1) is 0 Å². The number of anilines is 1. The Morgan fingerprint density at radius 1 is 1.07 bits per heavy atom. The molecule has 1 heterocycles. The molecule has 0 saturated carbocycles. The Labute approximate surface area is 161 Å². The second kappa shape index (κ2) is 9.33. The van der Waals surface area contributed by atoms with Crippen LogP contribution >= 0.6 is 0 Å². The maximum atomic E-state index is 12.1. The van der Waals surface area contributed by atoms with Crippen molar-refractivity contribution < 1.29 is 4.79 Å². The first kappa shape index (κ1) is 19.1. The molecule has 0 atom stereocenters. The van der Waals surface area contributed by atoms with Gasteiger partial charge < -0.3 is 4.90 Å². The molecule has 0 aromatic heterocycles. The third kappa shape index (κ3) is 5.66. The van der Waals surface area contributed by atoms with Crippen molar-refractivity contribution in [1.82, 2.24) is 10.3 Å². The smallest absolute Gasteiger partial charge is 0.241 e. The molecule has 142 valence electrons. The molecule has 0 bridgehead atoms. The summed E-state index contributed by atoms with van der Waals surface area (Å²) in [5, 5.41) is 4.11. The van der Waals surface area contributed by atoms with Crippen LogP contribution < -0.4 is 10.3 Å². The van der Waals surface area contributed by atoms with Crippen LogP contribution in [0.3, 0.4) is 0 Å². The molecular formula is C22H28N4O. The lowest BCUT2D eigenvalue weighted by atomic mass is 10.1. The fourth-order valence-electron chi connectivity index (χ4n) is 3.26. The molecule has 1 amide bonds. The van der Waals surface area contributed by atoms with E-state index in [1.807, 2.05) is 19.9 Å². The summed E-state index contributed by atoms with van der Waals surface area (Å²) in [6.45, 7) is 8.81. The summed E-state index contributed by atoms with van der Waals surface area (Å²) in [5.41, 5.74) is 7.29. The fourth-order valence-corrected chi connectivity index (χ4v) is 3.26. The first-order chi connectivity index (χ1) is 13.1. The van der Waals surface area contributed by atoms with Gasteiger partial charge in [0.25, 0.3) is 0 Å². The zero-order valence-corrected chi connectivity index (χ0v) is 16.2. The minimum atomic E-state index is -0.0398. The summed E-state index contributed by atoms with van der Waals surface area (Å²) in [6.07, 6.45) is 2.19. The van der Waals surface area contributed by atoms with Crippen molar-refractivity contribution in [3.8, 4) is 0 Å². The highest BCUT2D eigenvalue weighted by atomic mass is 16.2. The number of piperazine rings is 1. The normalized spacial score (nSPS) is 15.3. The van der Waals surface area contributed by atoms with Crippen LogP contribution in [-0.2, 0) is 4.79 Å². The van der Waals surface area contributed by atoms with Gasteiger partial charge in [-0.25, -0.2) is 5.43 Å². The molecule has 1 aliphatic heterocycles. The SMILES string of the molecule is Cc1ccc(C)c(C=NNC(=O)CCN2CCN(c3ccccc3)CC2)c1. The van der Waals surface area contributed by atoms with E-state index in [1.165, 1.54) is 11.3 Å². The zero-order valence-electron chi connectivity index (χ0n) is 16.2. The number of nitrogens with zero attached hydrogens (tertiary/aromatic N) is 3. The number of rotatable bonds is 6. The van der Waals surface area contributed by atoms with Gasteiger partial charge in [0, 0.05) is 44.8 Å². The number of benzene rings is 2. The number of nitrogens with one attached hydrogen (secondary N) is 1. The Morgan fingerprint density at radius 3 is 2.56 bits per heavy atom. The summed E-state index contributed by atoms with van der Waals surface area (Å²) < 4.78 is 0. The maximum Gasteiger partial charge on any atom is 0.241 e. The van der Waals surface area contributed by atoms with Crippen LogP contribution in [0.1, 0.15) is 23.1 Å². The van der Waals surface area contributed by atoms with Gasteiger partial charge in [0.2, 0.25) is 5.91 Å². The van der Waals surface area contributed by atoms with Crippen LogP contribution in [0.25, 0.3) is 0 Å². The second-order valence-electron chi connectivity index (χ2n) is 7.07. The molecule has 1 fully saturated rings. The van der Waals surface area contributed by atoms with Gasteiger partial charge in [0.1, 0.15) is 0 Å². The number of amides is 1. The lowest BCUT2D eigenvalue weighted by Gasteiger charge is -2.36. The van der Waals surface area contributed by atoms with Crippen LogP contribution in [0.4, 0.5) is 5.69 Å². The lowest BCUT2D eigenvalue weighted by molar-refractivity contribution is -0.121. The third-order valence-corrected chi connectivity index (χ3v) is 4.98. The number of hydrogen-bond acceptors (Lipinski definition) is 4. The predicted molar refractivity (Wildman–Crippen MR) is 111 cm³/mol. The number of para-hydroxylation sites is 1. The lowest BCUT2D eigenvalue weighted by Crippen LogP contribution is -2.47. The molecule has 5 heteroatoms. The van der Waals surface area contributed by atoms with Crippen molar-refractivity contribution in [3.63, 3.8) is 0 Å². The average Bonchev–Trinajstić information content (AvgIpc) is 2.70. The van der Waals surface area contributed by atoms with Crippen LogP contribution in [0.2, 0.25) is 0 Å². The molecule has 0 radical (unpaired) electrons. The van der Waals surface area contributed by atoms with Gasteiger partial charge in [-0.05, 0) is 37.1 Å². The van der Waals surface area contributed by atoms with Crippen molar-refractivity contribution in [3.05, 3.63) is 65.2 Å². The third-order valence-electron chi connectivity index (χ3n) is 4.98. The van der Waals surface area contributed by atoms with Gasteiger partial charge in [0.15, 0.2) is 0 Å². The van der Waals surface area contributed by atoms with E-state index in [2.05, 4.69) is 62.8 Å². The number of hydrogen-bond donors (Lipinski definition) is 1. The summed E-state index contributed by atoms with van der Waals surface area (Å²) in [7, 11) is 0.